The number of likely N-dealkylation sites (N-methyl/N-ethyl adjacent to an activating group) is 1. The van der Waals surface area contributed by atoms with E-state index in [1.165, 1.54) is 10.4 Å². The van der Waals surface area contributed by atoms with Crippen molar-refractivity contribution in [1.29, 1.82) is 0 Å². The largest absolute Gasteiger partial charge is 0.392 e. The van der Waals surface area contributed by atoms with Gasteiger partial charge in [0.1, 0.15) is 6.29 Å². The molecule has 208 valence electrons. The average Bonchev–Trinajstić information content (AvgIpc) is 3.43. The highest BCUT2D eigenvalue weighted by Crippen LogP contribution is 2.27. The summed E-state index contributed by atoms with van der Waals surface area (Å²) in [5.41, 5.74) is 10.2. The molecular formula is C28H46N4O4S. The average molecular weight is 535 g/mol. The van der Waals surface area contributed by atoms with Gasteiger partial charge in [0.25, 0.3) is 0 Å². The predicted octanol–water partition coefficient (Wildman–Crippen LogP) is 4.33. The van der Waals surface area contributed by atoms with Crippen LogP contribution in [0.15, 0.2) is 29.8 Å². The van der Waals surface area contributed by atoms with Crippen molar-refractivity contribution < 1.29 is 19.5 Å². The van der Waals surface area contributed by atoms with Crippen LogP contribution in [-0.2, 0) is 20.9 Å². The van der Waals surface area contributed by atoms with Gasteiger partial charge in [0.2, 0.25) is 12.3 Å². The third-order valence-corrected chi connectivity index (χ3v) is 6.17. The molecule has 1 atom stereocenters. The van der Waals surface area contributed by atoms with Crippen molar-refractivity contribution in [2.24, 2.45) is 11.1 Å². The molecule has 0 spiro atoms. The Balaban J connectivity index is 0.000000519. The zero-order valence-corrected chi connectivity index (χ0v) is 24.1. The van der Waals surface area contributed by atoms with Gasteiger partial charge >= 0.3 is 0 Å². The summed E-state index contributed by atoms with van der Waals surface area (Å²) < 4.78 is 0. The molecule has 2 heterocycles. The number of unbranched alkanes of at least 4 members (excludes halogenated alkanes) is 1. The Morgan fingerprint density at radius 1 is 1.27 bits per heavy atom. The molecule has 0 aliphatic carbocycles. The lowest BCUT2D eigenvalue weighted by atomic mass is 9.93. The van der Waals surface area contributed by atoms with Gasteiger partial charge in [-0.05, 0) is 43.4 Å². The molecule has 1 fully saturated rings. The van der Waals surface area contributed by atoms with Gasteiger partial charge in [-0.3, -0.25) is 9.59 Å². The van der Waals surface area contributed by atoms with E-state index in [1.54, 1.807) is 11.3 Å². The van der Waals surface area contributed by atoms with Crippen LogP contribution in [0.4, 0.5) is 0 Å². The fraction of sp³-hybridized carbons (Fsp3) is 0.571. The van der Waals surface area contributed by atoms with Gasteiger partial charge < -0.3 is 25.9 Å². The third kappa shape index (κ3) is 18.3. The van der Waals surface area contributed by atoms with E-state index in [0.29, 0.717) is 25.8 Å². The van der Waals surface area contributed by atoms with E-state index in [1.807, 2.05) is 59.3 Å². The lowest BCUT2D eigenvalue weighted by Crippen LogP contribution is -2.15. The first-order valence-corrected chi connectivity index (χ1v) is 13.6. The number of aryl methyl sites for hydroxylation is 1. The van der Waals surface area contributed by atoms with Crippen LogP contribution in [0.5, 0.6) is 0 Å². The summed E-state index contributed by atoms with van der Waals surface area (Å²) in [6.07, 6.45) is 5.74. The number of nitrogens with zero attached hydrogens (tertiary/aromatic N) is 2. The Morgan fingerprint density at radius 2 is 1.92 bits per heavy atom. The number of aromatic nitrogens is 1. The summed E-state index contributed by atoms with van der Waals surface area (Å²) in [5.74, 6) is -0.193. The van der Waals surface area contributed by atoms with Crippen LogP contribution in [-0.4, -0.2) is 59.8 Å². The molecule has 1 saturated heterocycles. The Morgan fingerprint density at radius 3 is 2.22 bits per heavy atom. The van der Waals surface area contributed by atoms with Crippen molar-refractivity contribution in [2.45, 2.75) is 79.4 Å². The van der Waals surface area contributed by atoms with E-state index >= 15 is 0 Å². The summed E-state index contributed by atoms with van der Waals surface area (Å²) in [6, 6.07) is 8.15. The predicted molar refractivity (Wildman–Crippen MR) is 152 cm³/mol. The summed E-state index contributed by atoms with van der Waals surface area (Å²) in [5, 5.41) is 11.5. The Bertz CT molecular complexity index is 886. The molecule has 4 N–H and O–H groups in total. The first-order chi connectivity index (χ1) is 17.4. The van der Waals surface area contributed by atoms with Crippen LogP contribution in [0.3, 0.4) is 0 Å². The van der Waals surface area contributed by atoms with Crippen molar-refractivity contribution in [3.8, 4) is 10.4 Å². The summed E-state index contributed by atoms with van der Waals surface area (Å²) >= 11 is 1.64. The molecule has 1 aliphatic rings. The number of amides is 2. The van der Waals surface area contributed by atoms with Crippen molar-refractivity contribution >= 4 is 29.9 Å². The lowest BCUT2D eigenvalue weighted by Gasteiger charge is -2.11. The van der Waals surface area contributed by atoms with Crippen LogP contribution in [0.25, 0.3) is 10.4 Å². The second kappa shape index (κ2) is 19.5. The highest BCUT2D eigenvalue weighted by molar-refractivity contribution is 7.13. The molecule has 1 aliphatic heterocycles. The van der Waals surface area contributed by atoms with Crippen LogP contribution in [0.2, 0.25) is 0 Å². The van der Waals surface area contributed by atoms with Crippen LogP contribution < -0.4 is 11.1 Å². The van der Waals surface area contributed by atoms with Crippen LogP contribution in [0.1, 0.15) is 71.1 Å². The molecule has 0 radical (unpaired) electrons. The van der Waals surface area contributed by atoms with Gasteiger partial charge in [-0.1, -0.05) is 58.4 Å². The quantitative estimate of drug-likeness (QED) is 0.433. The number of likely N-dealkylation sites (tertiary alicyclic amines) is 1. The van der Waals surface area contributed by atoms with E-state index in [4.69, 9.17) is 10.8 Å². The van der Waals surface area contributed by atoms with Crippen molar-refractivity contribution in [3.63, 3.8) is 0 Å². The number of carbonyl (C=O) groups is 3. The van der Waals surface area contributed by atoms with Crippen molar-refractivity contribution in [1.82, 2.24) is 15.2 Å². The topological polar surface area (TPSA) is 126 Å². The molecule has 1 aromatic heterocycles. The normalized spacial score (nSPS) is 14.6. The number of aliphatic hydroxyl groups is 1. The van der Waals surface area contributed by atoms with Gasteiger partial charge in [0.15, 0.2) is 0 Å². The maximum absolute atomic E-state index is 10.2. The Hall–Kier alpha value is -2.62. The van der Waals surface area contributed by atoms with E-state index < -0.39 is 0 Å². The number of rotatable bonds is 8. The van der Waals surface area contributed by atoms with Crippen LogP contribution >= 0.6 is 11.3 Å². The molecule has 1 aromatic carbocycles. The zero-order valence-electron chi connectivity index (χ0n) is 23.3. The van der Waals surface area contributed by atoms with Gasteiger partial charge in [-0.25, -0.2) is 4.98 Å². The van der Waals surface area contributed by atoms with Gasteiger partial charge in [-0.15, -0.1) is 11.3 Å². The molecule has 0 saturated carbocycles. The van der Waals surface area contributed by atoms with Gasteiger partial charge in [0, 0.05) is 32.5 Å². The molecule has 9 heteroatoms. The van der Waals surface area contributed by atoms with Gasteiger partial charge in [0.05, 0.1) is 22.2 Å². The summed E-state index contributed by atoms with van der Waals surface area (Å²) in [6.45, 7) is 12.7. The smallest absolute Gasteiger partial charge is 0.217 e. The number of aldehydes is 1. The number of hydrogen-bond donors (Lipinski definition) is 3. The summed E-state index contributed by atoms with van der Waals surface area (Å²) in [4.78, 5) is 37.5. The number of hydrogen-bond acceptors (Lipinski definition) is 7. The monoisotopic (exact) mass is 534 g/mol. The maximum atomic E-state index is 10.2. The molecular weight excluding hydrogens is 488 g/mol. The molecule has 2 aromatic rings. The minimum absolute atomic E-state index is 0.0509. The third-order valence-electron chi connectivity index (χ3n) is 5.19. The van der Waals surface area contributed by atoms with Crippen molar-refractivity contribution in [3.05, 3.63) is 41.0 Å². The fourth-order valence-electron chi connectivity index (χ4n) is 3.03. The SMILES string of the molecule is CC(C)(C)CC=O.CCCCC(N)=O.CN1CCC(O)C1.Cc1ncsc1-c1ccc(CNC=O)cc1. The number of primary amides is 1. The molecule has 8 nitrogen and oxygen atoms in total. The number of aliphatic hydroxyl groups excluding tert-OH is 1. The number of benzene rings is 1. The standard InChI is InChI=1S/C12H12N2OS.C6H12O.2C5H11NO/c1-9-12(16-8-14-9)11-4-2-10(3-5-11)6-13-7-15;1-6(2,3)4-5-7;1-6-3-2-5(7)4-6;1-2-3-4-5(6)7/h2-5,7-8H,6H2,1H3,(H,13,15);5H,4H2,1-3H3;5,7H,2-4H2,1H3;2-4H2,1H3,(H2,6,7). The molecule has 0 bridgehead atoms. The Kier molecular flexibility index (Phi) is 18.1. The minimum Gasteiger partial charge on any atom is -0.392 e. The number of nitrogens with one attached hydrogen (secondary N) is 1. The lowest BCUT2D eigenvalue weighted by molar-refractivity contribution is -0.118. The van der Waals surface area contributed by atoms with E-state index in [0.717, 1.165) is 49.9 Å². The second-order valence-electron chi connectivity index (χ2n) is 10.2. The summed E-state index contributed by atoms with van der Waals surface area (Å²) in [7, 11) is 2.02. The van der Waals surface area contributed by atoms with Gasteiger partial charge in [-0.2, -0.15) is 0 Å². The zero-order chi connectivity index (χ0) is 28.3. The van der Waals surface area contributed by atoms with Crippen LogP contribution in [0, 0.1) is 12.3 Å². The number of β-amino-alcohol motifs (C(OH)–C–C–N with tert-alkyl or cyclic N) is 1. The first-order valence-electron chi connectivity index (χ1n) is 12.7. The second-order valence-corrected chi connectivity index (χ2v) is 11.0. The molecule has 37 heavy (non-hydrogen) atoms. The fourth-order valence-corrected chi connectivity index (χ4v) is 3.84. The van der Waals surface area contributed by atoms with E-state index in [-0.39, 0.29) is 17.4 Å². The molecule has 2 amide bonds. The van der Waals surface area contributed by atoms with E-state index in [2.05, 4.69) is 27.3 Å². The number of thiazole rings is 1. The minimum atomic E-state index is -0.193. The molecule has 1 unspecified atom stereocenters. The Labute approximate surface area is 226 Å². The van der Waals surface area contributed by atoms with E-state index in [9.17, 15) is 14.4 Å². The number of carbonyl (C=O) groups excluding carboxylic acids is 3. The number of nitrogens with two attached hydrogens (primary N) is 1. The highest BCUT2D eigenvalue weighted by atomic mass is 32.1. The first kappa shape index (κ1) is 34.4. The molecule has 3 rings (SSSR count). The van der Waals surface area contributed by atoms with Crippen molar-refractivity contribution in [2.75, 3.05) is 20.1 Å². The highest BCUT2D eigenvalue weighted by Gasteiger charge is 2.15. The maximum Gasteiger partial charge on any atom is 0.217 e.